The molecule has 3 aliphatic rings. The van der Waals surface area contributed by atoms with E-state index >= 15 is 0 Å². The highest BCUT2D eigenvalue weighted by atomic mass is 35.5. The van der Waals surface area contributed by atoms with Crippen LogP contribution in [-0.2, 0) is 29.6 Å². The van der Waals surface area contributed by atoms with Crippen molar-refractivity contribution in [2.45, 2.75) is 69.3 Å². The highest BCUT2D eigenvalue weighted by molar-refractivity contribution is 7.61. The van der Waals surface area contributed by atoms with Crippen molar-refractivity contribution in [3.05, 3.63) is 46.7 Å². The molecular weight excluding hydrogens is 682 g/mol. The molecule has 1 spiro atoms. The lowest BCUT2D eigenvalue weighted by molar-refractivity contribution is -0.163. The van der Waals surface area contributed by atoms with E-state index in [2.05, 4.69) is 35.0 Å². The summed E-state index contributed by atoms with van der Waals surface area (Å²) in [5, 5.41) is 9.38. The molecule has 5 rings (SSSR count). The minimum atomic E-state index is -2.52. The van der Waals surface area contributed by atoms with E-state index < -0.39 is 41.2 Å². The summed E-state index contributed by atoms with van der Waals surface area (Å²) >= 11 is 5.85. The number of nitrogen functional groups attached to an aromatic ring is 2. The zero-order chi connectivity index (χ0) is 35.4. The standard InChI is InChI=1S/C19H23ClN8O2.C11H17NO6S/c20-13-15(22)25-14(21)12(24-13)16(29)26-18-23-10-19(27-18)6-8-28(9-7-19)17(30)11-4-2-1-3-5-11;13-10(6-7-12-19(15)16)17-8-11(14)18-9-4-2-1-3-5-9/h1-5,18,23,27H,6-10H2,(H,26,29)(H4,21,22,25);9H,1-8H2. The van der Waals surface area contributed by atoms with Crippen molar-refractivity contribution < 1.29 is 37.1 Å². The number of likely N-dealkylation sites (tertiary alicyclic amines) is 1. The van der Waals surface area contributed by atoms with E-state index in [1.165, 1.54) is 0 Å². The third-order valence-electron chi connectivity index (χ3n) is 8.23. The van der Waals surface area contributed by atoms with Gasteiger partial charge in [0.15, 0.2) is 29.1 Å². The Morgan fingerprint density at radius 1 is 1.02 bits per heavy atom. The van der Waals surface area contributed by atoms with Gasteiger partial charge >= 0.3 is 22.4 Å². The number of nitrogens with two attached hydrogens (primary N) is 2. The topological polar surface area (TPSA) is 250 Å². The molecule has 49 heavy (non-hydrogen) atoms. The van der Waals surface area contributed by atoms with Crippen LogP contribution in [0.4, 0.5) is 11.6 Å². The van der Waals surface area contributed by atoms with Gasteiger partial charge in [-0.25, -0.2) is 14.8 Å². The first-order chi connectivity index (χ1) is 23.4. The average Bonchev–Trinajstić information content (AvgIpc) is 3.47. The molecule has 266 valence electrons. The summed E-state index contributed by atoms with van der Waals surface area (Å²) in [7, 11) is -2.52. The number of hydrogen-bond acceptors (Lipinski definition) is 15. The summed E-state index contributed by atoms with van der Waals surface area (Å²) in [6.07, 6.45) is 5.78. The lowest BCUT2D eigenvalue weighted by atomic mass is 9.88. The van der Waals surface area contributed by atoms with Crippen LogP contribution in [0, 0.1) is 0 Å². The van der Waals surface area contributed by atoms with Crippen LogP contribution in [0.3, 0.4) is 0 Å². The summed E-state index contributed by atoms with van der Waals surface area (Å²) in [4.78, 5) is 57.3. The van der Waals surface area contributed by atoms with Gasteiger partial charge in [0.2, 0.25) is 0 Å². The number of nitrogens with one attached hydrogen (secondary N) is 3. The fourth-order valence-electron chi connectivity index (χ4n) is 5.65. The minimum absolute atomic E-state index is 0.0291. The number of halogens is 1. The second-order valence-corrected chi connectivity index (χ2v) is 12.8. The predicted octanol–water partition coefficient (Wildman–Crippen LogP) is 1.03. The molecule has 0 bridgehead atoms. The lowest BCUT2D eigenvalue weighted by Gasteiger charge is -2.39. The minimum Gasteiger partial charge on any atom is -0.460 e. The Kier molecular flexibility index (Phi) is 13.6. The van der Waals surface area contributed by atoms with E-state index in [-0.39, 0.29) is 53.0 Å². The van der Waals surface area contributed by atoms with E-state index in [0.29, 0.717) is 25.2 Å². The molecule has 1 aliphatic carbocycles. The van der Waals surface area contributed by atoms with Crippen LogP contribution in [-0.4, -0.2) is 97.8 Å². The molecule has 1 aromatic carbocycles. The molecule has 1 unspecified atom stereocenters. The SMILES string of the molecule is Nc1nc(N)c(C(=O)NC2NCC3(CCN(C(=O)c4ccccc4)CC3)N2)nc1Cl.O=C(CCN=S(=O)=O)OCC(=O)OC1CCCCC1. The Morgan fingerprint density at radius 2 is 1.71 bits per heavy atom. The number of aromatic nitrogens is 2. The van der Waals surface area contributed by atoms with Gasteiger partial charge in [-0.2, -0.15) is 12.8 Å². The first-order valence-corrected chi connectivity index (χ1v) is 17.2. The third-order valence-corrected chi connectivity index (χ3v) is 8.90. The van der Waals surface area contributed by atoms with Crippen LogP contribution >= 0.6 is 11.6 Å². The van der Waals surface area contributed by atoms with Crippen molar-refractivity contribution in [1.29, 1.82) is 0 Å². The molecule has 1 aromatic heterocycles. The number of anilines is 2. The second-order valence-electron chi connectivity index (χ2n) is 11.7. The largest absolute Gasteiger partial charge is 0.460 e. The third kappa shape index (κ3) is 11.3. The number of hydrogen-bond donors (Lipinski definition) is 5. The van der Waals surface area contributed by atoms with E-state index in [4.69, 9.17) is 27.8 Å². The van der Waals surface area contributed by atoms with E-state index in [0.717, 1.165) is 44.9 Å². The molecular formula is C30H40ClN9O8S. The molecule has 7 N–H and O–H groups in total. The number of ether oxygens (including phenoxy) is 2. The van der Waals surface area contributed by atoms with Crippen molar-refractivity contribution in [1.82, 2.24) is 30.8 Å². The van der Waals surface area contributed by atoms with Crippen molar-refractivity contribution in [3.8, 4) is 0 Å². The number of rotatable bonds is 9. The fraction of sp³-hybridized carbons (Fsp3) is 0.533. The smallest absolute Gasteiger partial charge is 0.344 e. The van der Waals surface area contributed by atoms with Crippen molar-refractivity contribution in [2.24, 2.45) is 4.36 Å². The summed E-state index contributed by atoms with van der Waals surface area (Å²) in [5.41, 5.74) is 11.7. The number of carbonyl (C=O) groups excluding carboxylic acids is 4. The summed E-state index contributed by atoms with van der Waals surface area (Å²) in [6, 6.07) is 9.26. The van der Waals surface area contributed by atoms with Gasteiger partial charge in [-0.1, -0.05) is 36.2 Å². The summed E-state index contributed by atoms with van der Waals surface area (Å²) in [5.74, 6) is -1.83. The number of piperidine rings is 1. The van der Waals surface area contributed by atoms with Crippen LogP contribution in [0.25, 0.3) is 0 Å². The van der Waals surface area contributed by atoms with Crippen LogP contribution in [0.1, 0.15) is 72.2 Å². The van der Waals surface area contributed by atoms with E-state index in [9.17, 15) is 27.6 Å². The maximum absolute atomic E-state index is 12.6. The van der Waals surface area contributed by atoms with E-state index in [1.807, 2.05) is 35.2 Å². The molecule has 2 aromatic rings. The monoisotopic (exact) mass is 721 g/mol. The van der Waals surface area contributed by atoms with E-state index in [1.54, 1.807) is 0 Å². The maximum atomic E-state index is 12.6. The van der Waals surface area contributed by atoms with Crippen molar-refractivity contribution in [3.63, 3.8) is 0 Å². The predicted molar refractivity (Wildman–Crippen MR) is 177 cm³/mol. The van der Waals surface area contributed by atoms with Crippen molar-refractivity contribution >= 4 is 57.5 Å². The van der Waals surface area contributed by atoms with Crippen LogP contribution in [0.5, 0.6) is 0 Å². The highest BCUT2D eigenvalue weighted by Crippen LogP contribution is 2.26. The number of esters is 2. The Labute approximate surface area is 289 Å². The van der Waals surface area contributed by atoms with Gasteiger partial charge in [0.1, 0.15) is 12.4 Å². The number of benzene rings is 1. The first-order valence-electron chi connectivity index (χ1n) is 15.8. The second kappa shape index (κ2) is 17.8. The molecule has 17 nitrogen and oxygen atoms in total. The first kappa shape index (κ1) is 37.4. The molecule has 2 saturated heterocycles. The highest BCUT2D eigenvalue weighted by Gasteiger charge is 2.42. The van der Waals surface area contributed by atoms with Crippen LogP contribution < -0.4 is 27.4 Å². The Balaban J connectivity index is 0.000000246. The van der Waals surface area contributed by atoms with Gasteiger partial charge in [0.05, 0.1) is 13.0 Å². The zero-order valence-corrected chi connectivity index (χ0v) is 28.3. The average molecular weight is 722 g/mol. The van der Waals surface area contributed by atoms with Gasteiger partial charge in [0.25, 0.3) is 11.8 Å². The molecule has 3 heterocycles. The quantitative estimate of drug-likeness (QED) is 0.227. The number of nitrogens with zero attached hydrogens (tertiary/aromatic N) is 4. The molecule has 1 saturated carbocycles. The molecule has 2 aliphatic heterocycles. The molecule has 1 atom stereocenters. The Hall–Kier alpha value is -4.39. The number of amides is 2. The normalized spacial score (nSPS) is 18.5. The molecule has 19 heteroatoms. The Bertz CT molecular complexity index is 1630. The maximum Gasteiger partial charge on any atom is 0.344 e. The summed E-state index contributed by atoms with van der Waals surface area (Å²) in [6.45, 7) is 1.32. The summed E-state index contributed by atoms with van der Waals surface area (Å²) < 4.78 is 33.0. The lowest BCUT2D eigenvalue weighted by Crippen LogP contribution is -2.57. The number of carbonyl (C=O) groups is 4. The van der Waals surface area contributed by atoms with Crippen molar-refractivity contribution in [2.75, 3.05) is 44.3 Å². The zero-order valence-electron chi connectivity index (χ0n) is 26.7. The van der Waals surface area contributed by atoms with Crippen LogP contribution in [0.15, 0.2) is 34.7 Å². The molecule has 2 amide bonds. The van der Waals surface area contributed by atoms with Crippen LogP contribution in [0.2, 0.25) is 5.15 Å². The van der Waals surface area contributed by atoms with Gasteiger partial charge in [-0.3, -0.25) is 25.0 Å². The van der Waals surface area contributed by atoms with Gasteiger partial charge < -0.3 is 31.2 Å². The van der Waals surface area contributed by atoms with Gasteiger partial charge in [0, 0.05) is 30.7 Å². The molecule has 3 fully saturated rings. The van der Waals surface area contributed by atoms with Gasteiger partial charge in [-0.05, 0) is 50.7 Å². The van der Waals surface area contributed by atoms with Gasteiger partial charge in [-0.15, -0.1) is 0 Å². The molecule has 0 radical (unpaired) electrons. The Morgan fingerprint density at radius 3 is 2.39 bits per heavy atom. The fourth-order valence-corrected chi connectivity index (χ4v) is 6.02.